The summed E-state index contributed by atoms with van der Waals surface area (Å²) in [5.74, 6) is 0.647. The third kappa shape index (κ3) is 8.36. The van der Waals surface area contributed by atoms with Crippen molar-refractivity contribution in [2.24, 2.45) is 0 Å². The first-order valence-electron chi connectivity index (χ1n) is 15.3. The molecule has 0 fully saturated rings. The molecule has 0 spiro atoms. The highest BCUT2D eigenvalue weighted by Crippen LogP contribution is 2.30. The molecule has 0 aliphatic carbocycles. The van der Waals surface area contributed by atoms with Crippen molar-refractivity contribution in [3.05, 3.63) is 127 Å². The van der Waals surface area contributed by atoms with E-state index in [1.807, 2.05) is 45.0 Å². The Kier molecular flexibility index (Phi) is 10.5. The summed E-state index contributed by atoms with van der Waals surface area (Å²) in [7, 11) is 1.58. The maximum Gasteiger partial charge on any atom is 0.320 e. The Balaban J connectivity index is 1.30. The number of benzene rings is 3. The van der Waals surface area contributed by atoms with Gasteiger partial charge in [0.25, 0.3) is 5.56 Å². The Bertz CT molecular complexity index is 2070. The number of nitrogens with zero attached hydrogens (tertiary/aromatic N) is 3. The number of halogens is 3. The first-order valence-corrected chi connectivity index (χ1v) is 16.1. The minimum atomic E-state index is -0.569. The van der Waals surface area contributed by atoms with Gasteiger partial charge >= 0.3 is 6.03 Å². The van der Waals surface area contributed by atoms with Crippen LogP contribution in [0.2, 0.25) is 10.0 Å². The van der Waals surface area contributed by atoms with Gasteiger partial charge in [-0.25, -0.2) is 13.9 Å². The summed E-state index contributed by atoms with van der Waals surface area (Å²) in [4.78, 5) is 26.3. The lowest BCUT2D eigenvalue weighted by atomic mass is 9.92. The molecule has 2 amide bonds. The van der Waals surface area contributed by atoms with E-state index in [-0.39, 0.29) is 40.1 Å². The molecule has 3 N–H and O–H groups in total. The van der Waals surface area contributed by atoms with Gasteiger partial charge in [0.05, 0.1) is 30.1 Å². The molecule has 3 aromatic carbocycles. The number of pyridine rings is 1. The van der Waals surface area contributed by atoms with Crippen LogP contribution >= 0.6 is 23.2 Å². The first kappa shape index (κ1) is 35.3. The zero-order chi connectivity index (χ0) is 35.5. The van der Waals surface area contributed by atoms with Crippen molar-refractivity contribution in [3.63, 3.8) is 0 Å². The van der Waals surface area contributed by atoms with Crippen molar-refractivity contribution in [2.75, 3.05) is 12.4 Å². The van der Waals surface area contributed by atoms with Gasteiger partial charge in [0.2, 0.25) is 0 Å². The number of hydrogen-bond donors (Lipinski definition) is 3. The number of phenolic OH excluding ortho intramolecular Hbond substituents is 1. The van der Waals surface area contributed by atoms with Crippen LogP contribution in [-0.2, 0) is 25.1 Å². The lowest BCUT2D eigenvalue weighted by Gasteiger charge is -2.16. The van der Waals surface area contributed by atoms with Crippen LogP contribution in [0, 0.1) is 12.7 Å². The number of methoxy groups -OCH3 is 1. The van der Waals surface area contributed by atoms with Crippen LogP contribution < -0.4 is 25.7 Å². The van der Waals surface area contributed by atoms with Gasteiger partial charge in [-0.15, -0.1) is 0 Å². The van der Waals surface area contributed by atoms with E-state index in [1.165, 1.54) is 28.9 Å². The van der Waals surface area contributed by atoms with Crippen molar-refractivity contribution in [1.82, 2.24) is 19.7 Å². The number of carbonyl (C=O) groups excluding carboxylic acids is 1. The lowest BCUT2D eigenvalue weighted by molar-refractivity contribution is 0.251. The summed E-state index contributed by atoms with van der Waals surface area (Å²) in [6.07, 6.45) is 0. The maximum absolute atomic E-state index is 14.4. The highest BCUT2D eigenvalue weighted by molar-refractivity contribution is 6.32. The number of phenols is 1. The van der Waals surface area contributed by atoms with Crippen LogP contribution in [0.15, 0.2) is 77.6 Å². The van der Waals surface area contributed by atoms with Crippen LogP contribution in [-0.4, -0.2) is 32.6 Å². The molecule has 0 radical (unpaired) electrons. The molecule has 5 aromatic rings. The Labute approximate surface area is 293 Å². The number of nitrogens with one attached hydrogen (secondary N) is 2. The molecule has 0 saturated heterocycles. The first-order chi connectivity index (χ1) is 23.2. The summed E-state index contributed by atoms with van der Waals surface area (Å²) in [6, 6.07) is 19.0. The average molecular weight is 709 g/mol. The van der Waals surface area contributed by atoms with Gasteiger partial charge in [-0.05, 0) is 66.1 Å². The normalized spacial score (nSPS) is 11.3. The molecule has 0 aliphatic rings. The molecule has 0 bridgehead atoms. The van der Waals surface area contributed by atoms with Crippen molar-refractivity contribution >= 4 is 35.1 Å². The number of amides is 2. The number of anilines is 1. The second kappa shape index (κ2) is 14.6. The van der Waals surface area contributed by atoms with Crippen LogP contribution in [0.5, 0.6) is 17.2 Å². The van der Waals surface area contributed by atoms with Crippen LogP contribution in [0.4, 0.5) is 15.0 Å². The molecule has 2 aromatic heterocycles. The summed E-state index contributed by atoms with van der Waals surface area (Å²) < 4.78 is 28.7. The largest absolute Gasteiger partial charge is 0.506 e. The molecule has 10 nitrogen and oxygen atoms in total. The van der Waals surface area contributed by atoms with Crippen molar-refractivity contribution in [1.29, 1.82) is 0 Å². The molecule has 0 unspecified atom stereocenters. The fourth-order valence-electron chi connectivity index (χ4n) is 5.02. The molecular weight excluding hydrogens is 672 g/mol. The minimum absolute atomic E-state index is 0.0392. The highest BCUT2D eigenvalue weighted by atomic mass is 35.5. The quantitative estimate of drug-likeness (QED) is 0.137. The second-order valence-electron chi connectivity index (χ2n) is 12.4. The molecule has 0 atom stereocenters. The smallest absolute Gasteiger partial charge is 0.320 e. The van der Waals surface area contributed by atoms with Crippen LogP contribution in [0.3, 0.4) is 0 Å². The Morgan fingerprint density at radius 1 is 1.02 bits per heavy atom. The van der Waals surface area contributed by atoms with Gasteiger partial charge in [-0.3, -0.25) is 10.1 Å². The minimum Gasteiger partial charge on any atom is -0.506 e. The van der Waals surface area contributed by atoms with E-state index in [1.54, 1.807) is 42.9 Å². The summed E-state index contributed by atoms with van der Waals surface area (Å²) in [5, 5.41) is 20.1. The monoisotopic (exact) mass is 707 g/mol. The van der Waals surface area contributed by atoms with Crippen LogP contribution in [0.25, 0.3) is 5.69 Å². The fraction of sp³-hybridized carbons (Fsp3) is 0.250. The van der Waals surface area contributed by atoms with E-state index >= 15 is 0 Å². The number of rotatable bonds is 10. The Hall–Kier alpha value is -5.00. The Morgan fingerprint density at radius 2 is 1.80 bits per heavy atom. The van der Waals surface area contributed by atoms with Gasteiger partial charge in [0.1, 0.15) is 40.5 Å². The van der Waals surface area contributed by atoms with Crippen molar-refractivity contribution in [2.45, 2.75) is 52.8 Å². The fourth-order valence-corrected chi connectivity index (χ4v) is 5.41. The molecule has 2 heterocycles. The van der Waals surface area contributed by atoms with Gasteiger partial charge in [-0.1, -0.05) is 62.2 Å². The lowest BCUT2D eigenvalue weighted by Crippen LogP contribution is -2.29. The number of urea groups is 1. The number of aromatic hydroxyl groups is 1. The van der Waals surface area contributed by atoms with Crippen molar-refractivity contribution in [3.8, 4) is 22.9 Å². The average Bonchev–Trinajstić information content (AvgIpc) is 3.49. The summed E-state index contributed by atoms with van der Waals surface area (Å²) in [5.41, 5.74) is 3.02. The van der Waals surface area contributed by atoms with Gasteiger partial charge in [0, 0.05) is 29.8 Å². The maximum atomic E-state index is 14.4. The molecular formula is C36H36Cl2FN5O5. The van der Waals surface area contributed by atoms with Gasteiger partial charge in [-0.2, -0.15) is 5.10 Å². The topological polar surface area (TPSA) is 120 Å². The number of ether oxygens (including phenoxy) is 2. The summed E-state index contributed by atoms with van der Waals surface area (Å²) in [6.45, 7) is 7.96. The molecule has 5 rings (SSSR count). The van der Waals surface area contributed by atoms with Crippen LogP contribution in [0.1, 0.15) is 48.8 Å². The van der Waals surface area contributed by atoms with E-state index in [2.05, 4.69) is 15.7 Å². The molecule has 0 aliphatic heterocycles. The number of aromatic nitrogens is 3. The van der Waals surface area contributed by atoms with Gasteiger partial charge in [0.15, 0.2) is 0 Å². The van der Waals surface area contributed by atoms with E-state index < -0.39 is 17.4 Å². The van der Waals surface area contributed by atoms with E-state index in [9.17, 15) is 19.1 Å². The predicted molar refractivity (Wildman–Crippen MR) is 188 cm³/mol. The highest BCUT2D eigenvalue weighted by Gasteiger charge is 2.22. The SMILES string of the molecule is COc1cccc(Cn2c(C)cc(OCc3ccc(F)cc3CNC(=O)Nc3cc(C(C)(C)C)nn3-c3ccc(O)c(Cl)c3)c(Cl)c2=O)c1. The number of hydrogen-bond acceptors (Lipinski definition) is 6. The predicted octanol–water partition coefficient (Wildman–Crippen LogP) is 7.75. The molecule has 49 heavy (non-hydrogen) atoms. The third-order valence-electron chi connectivity index (χ3n) is 7.78. The molecule has 0 saturated carbocycles. The van der Waals surface area contributed by atoms with Gasteiger partial charge < -0.3 is 24.5 Å². The van der Waals surface area contributed by atoms with E-state index in [0.717, 1.165) is 5.56 Å². The Morgan fingerprint density at radius 3 is 2.51 bits per heavy atom. The third-order valence-corrected chi connectivity index (χ3v) is 8.43. The number of aryl methyl sites for hydroxylation is 1. The van der Waals surface area contributed by atoms with E-state index in [4.69, 9.17) is 32.7 Å². The zero-order valence-electron chi connectivity index (χ0n) is 27.6. The zero-order valence-corrected chi connectivity index (χ0v) is 29.1. The second-order valence-corrected chi connectivity index (χ2v) is 13.2. The molecule has 256 valence electrons. The number of carbonyl (C=O) groups is 1. The summed E-state index contributed by atoms with van der Waals surface area (Å²) >= 11 is 12.6. The molecule has 13 heteroatoms. The van der Waals surface area contributed by atoms with Crippen molar-refractivity contribution < 1.29 is 23.8 Å². The van der Waals surface area contributed by atoms with E-state index in [0.29, 0.717) is 46.3 Å². The standard InChI is InChI=1S/C36H36Cl2FN5O5/c1-21-13-30(33(38)34(46)43(21)19-22-7-6-8-27(14-22)48-5)49-20-23-9-10-25(39)15-24(23)18-40-35(47)41-32-17-31(36(2,3)4)42-44(32)26-11-12-29(45)28(37)16-26/h6-17,45H,18-20H2,1-5H3,(H2,40,41,47).